The SMILES string of the molecule is N#[C][Fe]([C]#N)([C]#N)([C]#N)[C]#N.NCCCNCCN. The molecule has 0 amide bonds. The molecule has 0 radical (unpaired) electrons. The van der Waals surface area contributed by atoms with Crippen LogP contribution in [-0.2, 0) is 11.8 Å². The molecule has 8 nitrogen and oxygen atoms in total. The van der Waals surface area contributed by atoms with Crippen molar-refractivity contribution >= 4 is 0 Å². The van der Waals surface area contributed by atoms with E-state index in [4.69, 9.17) is 37.8 Å². The van der Waals surface area contributed by atoms with E-state index in [1.807, 2.05) is 0 Å². The Hall–Kier alpha value is -2.15. The minimum absolute atomic E-state index is 0.713. The molecule has 0 aliphatic rings. The zero-order valence-electron chi connectivity index (χ0n) is 10.3. The molecule has 0 aromatic carbocycles. The fraction of sp³-hybridized carbons (Fsp3) is 0.500. The molecule has 0 aromatic rings. The smallest absolute Gasteiger partial charge is 0.00745 e. The van der Waals surface area contributed by atoms with Crippen molar-refractivity contribution < 1.29 is 11.8 Å². The second-order valence-corrected chi connectivity index (χ2v) is 6.96. The van der Waals surface area contributed by atoms with E-state index in [0.717, 1.165) is 26.1 Å². The predicted molar refractivity (Wildman–Crippen MR) is 63.7 cm³/mol. The number of hydrogen-bond acceptors (Lipinski definition) is 8. The summed E-state index contributed by atoms with van der Waals surface area (Å²) >= 11 is -4.78. The van der Waals surface area contributed by atoms with E-state index >= 15 is 0 Å². The Balaban J connectivity index is 0. The van der Waals surface area contributed by atoms with Crippen LogP contribution in [0.1, 0.15) is 6.42 Å². The third-order valence-electron chi connectivity index (χ3n) is 1.67. The van der Waals surface area contributed by atoms with Crippen LogP contribution in [0.3, 0.4) is 0 Å². The summed E-state index contributed by atoms with van der Waals surface area (Å²) in [6.07, 6.45) is 1.04. The largest absolute Gasteiger partial charge is 0.330 e. The maximum Gasteiger partial charge on any atom is 0.00745 e. The summed E-state index contributed by atoms with van der Waals surface area (Å²) in [5.41, 5.74) is 10.5. The molecule has 9 heteroatoms. The molecule has 0 aromatic heterocycles. The van der Waals surface area contributed by atoms with Crippen molar-refractivity contribution in [3.63, 3.8) is 0 Å². The summed E-state index contributed by atoms with van der Waals surface area (Å²) in [4.78, 5) is 6.12. The molecule has 103 valence electrons. The molecule has 0 unspecified atom stereocenters. The zero-order chi connectivity index (χ0) is 15.2. The first-order valence-corrected chi connectivity index (χ1v) is 7.79. The van der Waals surface area contributed by atoms with Gasteiger partial charge in [0, 0.05) is 13.1 Å². The van der Waals surface area contributed by atoms with E-state index in [9.17, 15) is 0 Å². The van der Waals surface area contributed by atoms with Crippen LogP contribution in [0.15, 0.2) is 0 Å². The van der Waals surface area contributed by atoms with Gasteiger partial charge >= 0.3 is 62.9 Å². The summed E-state index contributed by atoms with van der Waals surface area (Å²) in [5, 5.41) is 44.9. The van der Waals surface area contributed by atoms with E-state index in [1.165, 1.54) is 24.8 Å². The van der Waals surface area contributed by atoms with Gasteiger partial charge in [-0.15, -0.1) is 0 Å². The van der Waals surface area contributed by atoms with Crippen molar-refractivity contribution in [2.45, 2.75) is 6.42 Å². The Bertz CT molecular complexity index is 375. The molecule has 0 spiro atoms. The fourth-order valence-electron chi connectivity index (χ4n) is 0.631. The number of nitrogens with two attached hydrogens (primary N) is 2. The van der Waals surface area contributed by atoms with Gasteiger partial charge in [-0.2, -0.15) is 0 Å². The van der Waals surface area contributed by atoms with Crippen LogP contribution in [0, 0.1) is 51.1 Å². The number of nitriles is 5. The molecule has 0 aliphatic heterocycles. The van der Waals surface area contributed by atoms with Gasteiger partial charge in [0.1, 0.15) is 0 Å². The Morgan fingerprint density at radius 2 is 1.16 bits per heavy atom. The van der Waals surface area contributed by atoms with Crippen molar-refractivity contribution in [1.29, 1.82) is 26.3 Å². The van der Waals surface area contributed by atoms with Gasteiger partial charge < -0.3 is 16.8 Å². The van der Waals surface area contributed by atoms with E-state index in [0.29, 0.717) is 6.54 Å². The van der Waals surface area contributed by atoms with E-state index in [2.05, 4.69) is 5.32 Å². The van der Waals surface area contributed by atoms with Gasteiger partial charge in [-0.1, -0.05) is 0 Å². The summed E-state index contributed by atoms with van der Waals surface area (Å²) in [5.74, 6) is 0. The van der Waals surface area contributed by atoms with Crippen molar-refractivity contribution in [3.05, 3.63) is 0 Å². The van der Waals surface area contributed by atoms with Crippen LogP contribution in [0.4, 0.5) is 0 Å². The maximum atomic E-state index is 8.35. The number of rotatable bonds is 5. The molecule has 5 N–H and O–H groups in total. The Morgan fingerprint density at radius 3 is 1.37 bits per heavy atom. The normalized spacial score (nSPS) is 10.7. The van der Waals surface area contributed by atoms with Crippen LogP contribution < -0.4 is 16.8 Å². The second kappa shape index (κ2) is 9.84. The first-order chi connectivity index (χ1) is 9.03. The quantitative estimate of drug-likeness (QED) is 0.425. The van der Waals surface area contributed by atoms with Gasteiger partial charge in [-0.3, -0.25) is 0 Å². The first kappa shape index (κ1) is 19.2. The van der Waals surface area contributed by atoms with Gasteiger partial charge in [0.25, 0.3) is 0 Å². The molecular formula is C10H15FeN8. The Kier molecular flexibility index (Phi) is 9.94. The maximum absolute atomic E-state index is 8.35. The topological polar surface area (TPSA) is 183 Å². The summed E-state index contributed by atoms with van der Waals surface area (Å²) in [6, 6.07) is 0. The van der Waals surface area contributed by atoms with Gasteiger partial charge in [-0.05, 0) is 19.5 Å². The predicted octanol–water partition coefficient (Wildman–Crippen LogP) is -1.04. The molecular weight excluding hydrogens is 288 g/mol. The Morgan fingerprint density at radius 1 is 0.737 bits per heavy atom. The molecule has 0 saturated carbocycles. The fourth-order valence-corrected chi connectivity index (χ4v) is 1.18. The average Bonchev–Trinajstić information content (AvgIpc) is 2.49. The van der Waals surface area contributed by atoms with Crippen LogP contribution >= 0.6 is 0 Å². The van der Waals surface area contributed by atoms with E-state index in [1.54, 1.807) is 0 Å². The molecule has 0 atom stereocenters. The number of nitrogens with zero attached hydrogens (tertiary/aromatic N) is 5. The second-order valence-electron chi connectivity index (χ2n) is 2.96. The van der Waals surface area contributed by atoms with Crippen LogP contribution in [0.25, 0.3) is 0 Å². The Labute approximate surface area is 113 Å². The molecule has 0 saturated heterocycles. The minimum Gasteiger partial charge on any atom is -0.330 e. The van der Waals surface area contributed by atoms with Gasteiger partial charge in [0.2, 0.25) is 0 Å². The van der Waals surface area contributed by atoms with Crippen molar-refractivity contribution in [2.75, 3.05) is 26.2 Å². The number of nitrogens with one attached hydrogen (secondary N) is 1. The molecule has 0 rings (SSSR count). The third kappa shape index (κ3) is 5.82. The van der Waals surface area contributed by atoms with Crippen molar-refractivity contribution in [2.24, 2.45) is 11.5 Å². The first-order valence-electron chi connectivity index (χ1n) is 5.03. The van der Waals surface area contributed by atoms with Gasteiger partial charge in [0.15, 0.2) is 0 Å². The van der Waals surface area contributed by atoms with Crippen LogP contribution in [0.5, 0.6) is 0 Å². The monoisotopic (exact) mass is 303 g/mol. The molecule has 0 bridgehead atoms. The zero-order valence-corrected chi connectivity index (χ0v) is 11.4. The van der Waals surface area contributed by atoms with Gasteiger partial charge in [0.05, 0.1) is 0 Å². The average molecular weight is 303 g/mol. The molecule has 0 heterocycles. The molecule has 19 heavy (non-hydrogen) atoms. The summed E-state index contributed by atoms with van der Waals surface area (Å²) < 4.78 is 0. The molecule has 0 aliphatic carbocycles. The summed E-state index contributed by atoms with van der Waals surface area (Å²) in [7, 11) is 0. The van der Waals surface area contributed by atoms with Crippen molar-refractivity contribution in [3.8, 4) is 24.8 Å². The molecule has 0 fully saturated rings. The van der Waals surface area contributed by atoms with E-state index in [-0.39, 0.29) is 0 Å². The van der Waals surface area contributed by atoms with Gasteiger partial charge in [-0.25, -0.2) is 0 Å². The third-order valence-corrected chi connectivity index (χ3v) is 4.14. The standard InChI is InChI=1S/C5H15N3.5CN.Fe/c6-2-1-4-8-5-3-7;5*1-2;/h8H,1-7H2;;;;;;. The van der Waals surface area contributed by atoms with Crippen molar-refractivity contribution in [1.82, 2.24) is 5.32 Å². The number of hydrogen-bond donors (Lipinski definition) is 3. The summed E-state index contributed by atoms with van der Waals surface area (Å²) in [6.45, 7) is 3.37. The van der Waals surface area contributed by atoms with E-state index < -0.39 is 11.8 Å². The van der Waals surface area contributed by atoms with Crippen LogP contribution in [0.2, 0.25) is 0 Å². The van der Waals surface area contributed by atoms with Crippen LogP contribution in [-0.4, -0.2) is 26.2 Å². The minimum atomic E-state index is -4.78.